The Morgan fingerprint density at radius 2 is 1.78 bits per heavy atom. The fourth-order valence-electron chi connectivity index (χ4n) is 5.81. The van der Waals surface area contributed by atoms with Gasteiger partial charge < -0.3 is 20.6 Å². The number of carbonyl (C=O) groups excluding carboxylic acids is 1. The Kier molecular flexibility index (Phi) is 9.84. The van der Waals surface area contributed by atoms with E-state index in [2.05, 4.69) is 40.8 Å². The summed E-state index contributed by atoms with van der Waals surface area (Å²) in [4.78, 5) is 35.9. The van der Waals surface area contributed by atoms with E-state index in [1.54, 1.807) is 29.5 Å². The van der Waals surface area contributed by atoms with Gasteiger partial charge in [-0.15, -0.1) is 33.9 Å². The Morgan fingerprint density at radius 1 is 1.07 bits per heavy atom. The minimum absolute atomic E-state index is 0. The molecule has 0 aliphatic carbocycles. The van der Waals surface area contributed by atoms with Crippen LogP contribution in [0.25, 0.3) is 5.00 Å². The molecule has 0 spiro atoms. The number of piperazine rings is 1. The van der Waals surface area contributed by atoms with Gasteiger partial charge in [-0.05, 0) is 56.7 Å². The second-order valence-corrected chi connectivity index (χ2v) is 12.7. The van der Waals surface area contributed by atoms with Gasteiger partial charge in [0.1, 0.15) is 16.9 Å². The second-order valence-electron chi connectivity index (χ2n) is 11.0. The second kappa shape index (κ2) is 13.6. The number of hydrogen-bond acceptors (Lipinski definition) is 8. The number of aromatic carboxylic acids is 1. The number of rotatable bonds is 5. The van der Waals surface area contributed by atoms with Crippen LogP contribution in [-0.2, 0) is 4.79 Å². The lowest BCUT2D eigenvalue weighted by Crippen LogP contribution is -2.49. The summed E-state index contributed by atoms with van der Waals surface area (Å²) < 4.78 is 2.05. The third-order valence-corrected chi connectivity index (χ3v) is 9.73. The first-order chi connectivity index (χ1) is 21.7. The molecule has 0 saturated carbocycles. The quantitative estimate of drug-likeness (QED) is 0.285. The Bertz CT molecular complexity index is 1900. The molecular weight excluding hydrogens is 645 g/mol. The molecule has 13 heteroatoms. The molecular formula is C33H33Cl2N7O3S. The zero-order valence-corrected chi connectivity index (χ0v) is 28.0. The summed E-state index contributed by atoms with van der Waals surface area (Å²) in [7, 11) is 0. The normalized spacial score (nSPS) is 15.5. The summed E-state index contributed by atoms with van der Waals surface area (Å²) in [5.74, 6) is 5.96. The number of amides is 1. The smallest absolute Gasteiger partial charge is 0.336 e. The minimum Gasteiger partial charge on any atom is -0.478 e. The number of aromatic nitrogens is 3. The Labute approximate surface area is 282 Å². The van der Waals surface area contributed by atoms with E-state index in [0.29, 0.717) is 42.6 Å². The number of carbonyl (C=O) groups is 2. The molecule has 0 unspecified atom stereocenters. The number of hydrogen-bond donors (Lipinski definition) is 2. The van der Waals surface area contributed by atoms with Crippen molar-refractivity contribution in [3.8, 4) is 16.8 Å². The monoisotopic (exact) mass is 677 g/mol. The molecule has 1 atom stereocenters. The summed E-state index contributed by atoms with van der Waals surface area (Å²) in [6.07, 6.45) is 0.147. The van der Waals surface area contributed by atoms with Crippen LogP contribution in [0.4, 0.5) is 5.69 Å². The van der Waals surface area contributed by atoms with Crippen LogP contribution in [-0.4, -0.2) is 75.1 Å². The largest absolute Gasteiger partial charge is 0.478 e. The molecule has 2 aliphatic rings. The first-order valence-corrected chi connectivity index (χ1v) is 15.8. The average Bonchev–Trinajstić information content (AvgIpc) is 3.51. The molecule has 1 saturated heterocycles. The number of nitrogens with two attached hydrogens (primary N) is 1. The predicted molar refractivity (Wildman–Crippen MR) is 183 cm³/mol. The highest BCUT2D eigenvalue weighted by molar-refractivity contribution is 7.15. The van der Waals surface area contributed by atoms with Crippen molar-refractivity contribution in [1.29, 1.82) is 0 Å². The maximum Gasteiger partial charge on any atom is 0.336 e. The number of anilines is 1. The van der Waals surface area contributed by atoms with Crippen molar-refractivity contribution in [3.05, 3.63) is 91.8 Å². The lowest BCUT2D eigenvalue weighted by atomic mass is 9.99. The van der Waals surface area contributed by atoms with E-state index in [-0.39, 0.29) is 36.8 Å². The summed E-state index contributed by atoms with van der Waals surface area (Å²) in [5, 5.41) is 20.1. The number of benzene rings is 2. The molecule has 10 nitrogen and oxygen atoms in total. The standard InChI is InChI=1S/C33H32ClN7O3S.ClH/c1-19-20(2)45-32-29(19)30(22-6-8-24(34)9-7-22)36-27(31-38-37-21(3)41(31)32)18-28(42)40-15-13-39(14-16-40)25-10-11-26(33(43)44)23(17-25)5-4-12-35;/h6-11,17,27H,12-16,18,35H2,1-3H3,(H,43,44);1H/t27-;/m0./s1. The molecule has 2 aliphatic heterocycles. The van der Waals surface area contributed by atoms with Gasteiger partial charge in [-0.3, -0.25) is 14.4 Å². The highest BCUT2D eigenvalue weighted by Crippen LogP contribution is 2.40. The number of aliphatic imine (C=N–C) groups is 1. The van der Waals surface area contributed by atoms with Gasteiger partial charge in [0.15, 0.2) is 5.82 Å². The molecule has 3 N–H and O–H groups in total. The van der Waals surface area contributed by atoms with Gasteiger partial charge in [0.2, 0.25) is 5.91 Å². The predicted octanol–water partition coefficient (Wildman–Crippen LogP) is 4.97. The number of fused-ring (bicyclic) bond motifs is 3. The summed E-state index contributed by atoms with van der Waals surface area (Å²) >= 11 is 7.90. The number of carboxylic acids is 1. The van der Waals surface area contributed by atoms with E-state index in [0.717, 1.165) is 38.9 Å². The highest BCUT2D eigenvalue weighted by Gasteiger charge is 2.34. The van der Waals surface area contributed by atoms with Gasteiger partial charge in [0.05, 0.1) is 24.2 Å². The topological polar surface area (TPSA) is 130 Å². The maximum atomic E-state index is 13.8. The average molecular weight is 679 g/mol. The Balaban J connectivity index is 0.00000417. The van der Waals surface area contributed by atoms with Crippen molar-refractivity contribution in [2.24, 2.45) is 10.7 Å². The van der Waals surface area contributed by atoms with Crippen LogP contribution in [0.2, 0.25) is 5.02 Å². The molecule has 4 heterocycles. The van der Waals surface area contributed by atoms with Gasteiger partial charge in [0, 0.05) is 58.5 Å². The van der Waals surface area contributed by atoms with Crippen LogP contribution < -0.4 is 10.6 Å². The SMILES string of the molecule is Cc1sc2c(c1C)C(c1ccc(Cl)cc1)=N[C@@H](CC(=O)N1CCN(c3ccc(C(=O)O)c(C#CCN)c3)CC1)c1nnc(C)n1-2.Cl. The third-order valence-electron chi connectivity index (χ3n) is 8.28. The number of carboxylic acid groups (broad SMARTS) is 1. The van der Waals surface area contributed by atoms with Crippen LogP contribution in [0.15, 0.2) is 47.5 Å². The van der Waals surface area contributed by atoms with Gasteiger partial charge in [0.25, 0.3) is 0 Å². The number of thiophene rings is 1. The van der Waals surface area contributed by atoms with Crippen molar-refractivity contribution in [2.45, 2.75) is 33.2 Å². The van der Waals surface area contributed by atoms with Crippen molar-refractivity contribution in [1.82, 2.24) is 19.7 Å². The van der Waals surface area contributed by atoms with E-state index in [9.17, 15) is 14.7 Å². The van der Waals surface area contributed by atoms with E-state index in [4.69, 9.17) is 22.3 Å². The summed E-state index contributed by atoms with van der Waals surface area (Å²) in [5.41, 5.74) is 10.8. The summed E-state index contributed by atoms with van der Waals surface area (Å²) in [6.45, 7) is 8.48. The van der Waals surface area contributed by atoms with Crippen LogP contribution in [0.3, 0.4) is 0 Å². The Morgan fingerprint density at radius 3 is 2.46 bits per heavy atom. The zero-order valence-electron chi connectivity index (χ0n) is 25.6. The van der Waals surface area contributed by atoms with Crippen LogP contribution in [0.1, 0.15) is 61.6 Å². The highest BCUT2D eigenvalue weighted by atomic mass is 35.5. The van der Waals surface area contributed by atoms with Gasteiger partial charge in [-0.1, -0.05) is 35.6 Å². The molecule has 2 aromatic heterocycles. The first kappa shape index (κ1) is 33.2. The molecule has 2 aromatic carbocycles. The van der Waals surface area contributed by atoms with Crippen molar-refractivity contribution in [3.63, 3.8) is 0 Å². The van der Waals surface area contributed by atoms with E-state index in [1.165, 1.54) is 4.88 Å². The Hall–Kier alpha value is -4.21. The van der Waals surface area contributed by atoms with E-state index >= 15 is 0 Å². The van der Waals surface area contributed by atoms with Gasteiger partial charge in [-0.25, -0.2) is 4.79 Å². The molecule has 1 fully saturated rings. The first-order valence-electron chi connectivity index (χ1n) is 14.6. The van der Waals surface area contributed by atoms with Crippen molar-refractivity contribution in [2.75, 3.05) is 37.6 Å². The van der Waals surface area contributed by atoms with Gasteiger partial charge in [-0.2, -0.15) is 0 Å². The fraction of sp³-hybridized carbons (Fsp3) is 0.303. The third kappa shape index (κ3) is 6.26. The number of nitrogens with zero attached hydrogens (tertiary/aromatic N) is 6. The molecule has 6 rings (SSSR count). The molecule has 46 heavy (non-hydrogen) atoms. The van der Waals surface area contributed by atoms with E-state index < -0.39 is 12.0 Å². The minimum atomic E-state index is -1.04. The van der Waals surface area contributed by atoms with Crippen LogP contribution in [0, 0.1) is 32.6 Å². The molecule has 0 bridgehead atoms. The van der Waals surface area contributed by atoms with E-state index in [1.807, 2.05) is 40.7 Å². The molecule has 238 valence electrons. The summed E-state index contributed by atoms with van der Waals surface area (Å²) in [6, 6.07) is 12.2. The number of halogens is 2. The molecule has 4 aromatic rings. The fourth-order valence-corrected chi connectivity index (χ4v) is 7.15. The van der Waals surface area contributed by atoms with Gasteiger partial charge >= 0.3 is 5.97 Å². The lowest BCUT2D eigenvalue weighted by molar-refractivity contribution is -0.131. The number of aryl methyl sites for hydroxylation is 2. The maximum absolute atomic E-state index is 13.8. The zero-order chi connectivity index (χ0) is 31.8. The molecule has 0 radical (unpaired) electrons. The lowest BCUT2D eigenvalue weighted by Gasteiger charge is -2.36. The molecule has 1 amide bonds. The van der Waals surface area contributed by atoms with Crippen molar-refractivity contribution >= 4 is 58.6 Å². The van der Waals surface area contributed by atoms with Crippen molar-refractivity contribution < 1.29 is 14.7 Å². The van der Waals surface area contributed by atoms with Crippen LogP contribution >= 0.6 is 35.3 Å². The van der Waals surface area contributed by atoms with Crippen LogP contribution in [0.5, 0.6) is 0 Å².